The first-order valence-electron chi connectivity index (χ1n) is 10.3. The molecular weight excluding hydrogens is 429 g/mol. The van der Waals surface area contributed by atoms with E-state index in [4.69, 9.17) is 17.7 Å². The summed E-state index contributed by atoms with van der Waals surface area (Å²) in [4.78, 5) is 0. The molecule has 0 amide bonds. The highest BCUT2D eigenvalue weighted by molar-refractivity contribution is 6.75. The topological polar surface area (TPSA) is 36.9 Å². The minimum absolute atomic E-state index is 0.779. The Morgan fingerprint density at radius 2 is 0.655 bits per heavy atom. The average Bonchev–Trinajstić information content (AvgIpc) is 2.43. The van der Waals surface area contributed by atoms with Crippen LogP contribution in [-0.2, 0) is 17.7 Å². The maximum atomic E-state index is 6.71. The molecule has 0 unspecified atom stereocenters. The van der Waals surface area contributed by atoms with Gasteiger partial charge in [0.25, 0.3) is 0 Å². The predicted molar refractivity (Wildman–Crippen MR) is 137 cm³/mol. The van der Waals surface area contributed by atoms with E-state index in [9.17, 15) is 0 Å². The summed E-state index contributed by atoms with van der Waals surface area (Å²) >= 11 is 0. The molecule has 0 spiro atoms. The average molecular weight is 473 g/mol. The third-order valence-electron chi connectivity index (χ3n) is 4.15. The smallest absolute Gasteiger partial charge is 0.348 e. The van der Waals surface area contributed by atoms with Crippen molar-refractivity contribution in [3.05, 3.63) is 50.6 Å². The van der Waals surface area contributed by atoms with Gasteiger partial charge >= 0.3 is 6.16 Å². The molecule has 4 nitrogen and oxygen atoms in total. The summed E-state index contributed by atoms with van der Waals surface area (Å²) in [5.41, 5.74) is 0. The van der Waals surface area contributed by atoms with Crippen LogP contribution in [0.1, 0.15) is 0 Å². The van der Waals surface area contributed by atoms with E-state index >= 15 is 0 Å². The van der Waals surface area contributed by atoms with E-state index in [1.54, 1.807) is 0 Å². The highest BCUT2D eigenvalue weighted by atomic mass is 28.4. The zero-order valence-corrected chi connectivity index (χ0v) is 24.1. The minimum atomic E-state index is -2.21. The Hall–Kier alpha value is -0.332. The van der Waals surface area contributed by atoms with E-state index in [2.05, 4.69) is 78.7 Å². The first-order valence-corrected chi connectivity index (χ1v) is 22.8. The summed E-state index contributed by atoms with van der Waals surface area (Å²) in [7, 11) is -8.84. The summed E-state index contributed by atoms with van der Waals surface area (Å²) in [6, 6.07) is 3.12. The first kappa shape index (κ1) is 28.7. The number of hydrogen-bond acceptors (Lipinski definition) is 4. The monoisotopic (exact) mass is 472 g/mol. The second-order valence-corrected chi connectivity index (χ2v) is 26.4. The van der Waals surface area contributed by atoms with E-state index in [0.717, 1.165) is 24.2 Å². The maximum absolute atomic E-state index is 6.71. The molecule has 0 aromatic carbocycles. The largest absolute Gasteiger partial charge is 0.373 e. The van der Waals surface area contributed by atoms with E-state index in [1.165, 1.54) is 0 Å². The summed E-state index contributed by atoms with van der Waals surface area (Å²) < 4.78 is 26.9. The summed E-state index contributed by atoms with van der Waals surface area (Å²) in [5, 5.41) is 0. The van der Waals surface area contributed by atoms with Crippen LogP contribution in [0.4, 0.5) is 0 Å². The molecular formula is C21H44O4Si4. The molecule has 0 bridgehead atoms. The summed E-state index contributed by atoms with van der Waals surface area (Å²) in [5.74, 6) is 0. The van der Waals surface area contributed by atoms with Crippen LogP contribution in [0, 0.1) is 0 Å². The molecule has 0 aromatic rings. The molecule has 0 fully saturated rings. The fourth-order valence-electron chi connectivity index (χ4n) is 3.04. The van der Waals surface area contributed by atoms with Gasteiger partial charge in [0.15, 0.2) is 0 Å². The molecule has 0 atom stereocenters. The summed E-state index contributed by atoms with van der Waals surface area (Å²) in [6.45, 7) is 32.8. The van der Waals surface area contributed by atoms with E-state index in [-0.39, 0.29) is 0 Å². The molecule has 0 saturated heterocycles. The van der Waals surface area contributed by atoms with Crippen LogP contribution >= 0.6 is 0 Å². The van der Waals surface area contributed by atoms with Gasteiger partial charge < -0.3 is 17.7 Å². The molecule has 0 aliphatic rings. The van der Waals surface area contributed by atoms with Crippen molar-refractivity contribution in [3.8, 4) is 0 Å². The van der Waals surface area contributed by atoms with Gasteiger partial charge in [0.2, 0.25) is 33.3 Å². The van der Waals surface area contributed by atoms with Crippen molar-refractivity contribution in [2.24, 2.45) is 0 Å². The first-order chi connectivity index (χ1) is 13.1. The van der Waals surface area contributed by atoms with Crippen molar-refractivity contribution in [1.82, 2.24) is 0 Å². The molecule has 0 radical (unpaired) electrons. The molecule has 8 heteroatoms. The van der Waals surface area contributed by atoms with Gasteiger partial charge in [-0.3, -0.25) is 0 Å². The molecule has 29 heavy (non-hydrogen) atoms. The third kappa shape index (κ3) is 11.6. The van der Waals surface area contributed by atoms with E-state index in [0.29, 0.717) is 0 Å². The van der Waals surface area contributed by atoms with Crippen molar-refractivity contribution in [2.75, 3.05) is 0 Å². The molecule has 168 valence electrons. The van der Waals surface area contributed by atoms with Crippen molar-refractivity contribution in [2.45, 2.75) is 82.7 Å². The van der Waals surface area contributed by atoms with Gasteiger partial charge in [-0.2, -0.15) is 0 Å². The summed E-state index contributed by atoms with van der Waals surface area (Å²) in [6.07, 6.45) is 6.11. The number of allylic oxidation sites excluding steroid dienone is 4. The highest BCUT2D eigenvalue weighted by Crippen LogP contribution is 2.37. The lowest BCUT2D eigenvalue weighted by atomic mass is 10.8. The van der Waals surface area contributed by atoms with Crippen molar-refractivity contribution >= 4 is 33.3 Å². The van der Waals surface area contributed by atoms with Gasteiger partial charge in [-0.25, -0.2) is 0 Å². The molecule has 0 heterocycles. The lowest BCUT2D eigenvalue weighted by Crippen LogP contribution is -2.62. The zero-order chi connectivity index (χ0) is 23.0. The fourth-order valence-corrected chi connectivity index (χ4v) is 9.86. The van der Waals surface area contributed by atoms with Crippen molar-refractivity contribution in [1.29, 1.82) is 0 Å². The molecule has 0 N–H and O–H groups in total. The van der Waals surface area contributed by atoms with E-state index in [1.807, 2.05) is 24.3 Å². The quantitative estimate of drug-likeness (QED) is 0.135. The second kappa shape index (κ2) is 11.3. The SMILES string of the molecule is C=CC[Si](C)(C)OC(O[Si](C)(C)CC=C)(O[Si](C)(C)CC=C)O[Si](C)(C)CC=C. The maximum Gasteiger partial charge on any atom is 0.373 e. The van der Waals surface area contributed by atoms with Gasteiger partial charge in [0.1, 0.15) is 0 Å². The van der Waals surface area contributed by atoms with Gasteiger partial charge in [0.05, 0.1) is 0 Å². The van der Waals surface area contributed by atoms with Crippen LogP contribution in [0.15, 0.2) is 50.6 Å². The number of rotatable bonds is 16. The van der Waals surface area contributed by atoms with Crippen LogP contribution < -0.4 is 0 Å². The van der Waals surface area contributed by atoms with Crippen LogP contribution in [0.5, 0.6) is 0 Å². The fraction of sp³-hybridized carbons (Fsp3) is 0.619. The van der Waals surface area contributed by atoms with Crippen LogP contribution in [0.3, 0.4) is 0 Å². The van der Waals surface area contributed by atoms with Crippen LogP contribution in [0.2, 0.25) is 76.6 Å². The molecule has 0 aliphatic carbocycles. The highest BCUT2D eigenvalue weighted by Gasteiger charge is 2.51. The lowest BCUT2D eigenvalue weighted by molar-refractivity contribution is -0.389. The normalized spacial score (nSPS) is 13.8. The van der Waals surface area contributed by atoms with Gasteiger partial charge in [-0.1, -0.05) is 24.3 Å². The number of hydrogen-bond donors (Lipinski definition) is 0. The Kier molecular flexibility index (Phi) is 11.2. The third-order valence-corrected chi connectivity index (χ3v) is 12.4. The Bertz CT molecular complexity index is 470. The standard InChI is InChI=1S/C21H44O4Si4/c1-13-17-26(5,6)22-21(23-27(7,8)18-14-2,24-28(9,10)19-15-3)25-29(11,12)20-16-4/h13-16H,1-4,17-20H2,5-12H3. The molecule has 0 rings (SSSR count). The zero-order valence-electron chi connectivity index (χ0n) is 20.1. The van der Waals surface area contributed by atoms with Gasteiger partial charge in [-0.05, 0) is 76.6 Å². The lowest BCUT2D eigenvalue weighted by Gasteiger charge is -2.48. The van der Waals surface area contributed by atoms with Crippen molar-refractivity contribution in [3.63, 3.8) is 0 Å². The Morgan fingerprint density at radius 3 is 0.793 bits per heavy atom. The van der Waals surface area contributed by atoms with Crippen molar-refractivity contribution < 1.29 is 17.7 Å². The second-order valence-electron chi connectivity index (χ2n) is 9.92. The molecule has 0 aliphatic heterocycles. The van der Waals surface area contributed by atoms with E-state index < -0.39 is 39.4 Å². The van der Waals surface area contributed by atoms with Gasteiger partial charge in [0, 0.05) is 0 Å². The molecule has 0 saturated carbocycles. The van der Waals surface area contributed by atoms with Gasteiger partial charge in [-0.15, -0.1) is 26.3 Å². The Balaban J connectivity index is 6.40. The molecule has 0 aromatic heterocycles. The van der Waals surface area contributed by atoms with Crippen LogP contribution in [0.25, 0.3) is 0 Å². The Labute approximate surface area is 184 Å². The van der Waals surface area contributed by atoms with Crippen LogP contribution in [-0.4, -0.2) is 39.4 Å². The predicted octanol–water partition coefficient (Wildman–Crippen LogP) is 7.23. The minimum Gasteiger partial charge on any atom is -0.348 e. The Morgan fingerprint density at radius 1 is 0.483 bits per heavy atom.